The molecule has 0 bridgehead atoms. The molecule has 1 amide bonds. The Bertz CT molecular complexity index is 402. The van der Waals surface area contributed by atoms with Gasteiger partial charge in [-0.2, -0.15) is 0 Å². The van der Waals surface area contributed by atoms with E-state index in [4.69, 9.17) is 0 Å². The minimum Gasteiger partial charge on any atom is -1.00 e. The van der Waals surface area contributed by atoms with Crippen molar-refractivity contribution in [2.75, 3.05) is 6.54 Å². The van der Waals surface area contributed by atoms with Crippen LogP contribution in [0.5, 0.6) is 0 Å². The Morgan fingerprint density at radius 3 is 2.65 bits per heavy atom. The van der Waals surface area contributed by atoms with Crippen LogP contribution in [0.3, 0.4) is 0 Å². The summed E-state index contributed by atoms with van der Waals surface area (Å²) in [5.41, 5.74) is 1.28. The van der Waals surface area contributed by atoms with Crippen LogP contribution in [-0.4, -0.2) is 22.7 Å². The van der Waals surface area contributed by atoms with Crippen LogP contribution < -0.4 is 51.4 Å². The van der Waals surface area contributed by atoms with Gasteiger partial charge in [0, 0.05) is 11.4 Å². The second kappa shape index (κ2) is 6.79. The number of amides is 1. The van der Waals surface area contributed by atoms with Crippen molar-refractivity contribution in [3.63, 3.8) is 0 Å². The van der Waals surface area contributed by atoms with Gasteiger partial charge in [0.2, 0.25) is 5.91 Å². The molecule has 0 saturated heterocycles. The van der Waals surface area contributed by atoms with Crippen LogP contribution >= 0.6 is 15.9 Å². The standard InChI is InChI=1S/C12H14BrNO2.K.H/c1-8(15)14(16)7-10-6-12(10)9-2-4-11(13)5-3-9;;/h2-5,10,12,16H,6-7H2,1H3;;/q;+1;-1. The fourth-order valence-corrected chi connectivity index (χ4v) is 2.18. The molecule has 88 valence electrons. The number of hydrogen-bond donors (Lipinski definition) is 1. The van der Waals surface area contributed by atoms with E-state index in [9.17, 15) is 10.0 Å². The summed E-state index contributed by atoms with van der Waals surface area (Å²) in [6.45, 7) is 1.81. The summed E-state index contributed by atoms with van der Waals surface area (Å²) >= 11 is 3.40. The van der Waals surface area contributed by atoms with Gasteiger partial charge in [-0.1, -0.05) is 28.1 Å². The average molecular weight is 324 g/mol. The van der Waals surface area contributed by atoms with Gasteiger partial charge in [-0.15, -0.1) is 0 Å². The van der Waals surface area contributed by atoms with E-state index in [1.165, 1.54) is 12.5 Å². The number of hydroxylamine groups is 2. The van der Waals surface area contributed by atoms with Crippen LogP contribution in [0.25, 0.3) is 0 Å². The molecule has 1 fully saturated rings. The Hall–Kier alpha value is 0.766. The first-order chi connectivity index (χ1) is 7.58. The minimum atomic E-state index is -0.290. The number of carbonyl (C=O) groups is 1. The maximum atomic E-state index is 10.9. The molecule has 5 heteroatoms. The molecule has 2 rings (SSSR count). The molecular weight excluding hydrogens is 309 g/mol. The van der Waals surface area contributed by atoms with Crippen LogP contribution in [0.15, 0.2) is 28.7 Å². The monoisotopic (exact) mass is 323 g/mol. The largest absolute Gasteiger partial charge is 1.00 e. The molecule has 0 spiro atoms. The van der Waals surface area contributed by atoms with Crippen molar-refractivity contribution in [3.05, 3.63) is 34.3 Å². The summed E-state index contributed by atoms with van der Waals surface area (Å²) < 4.78 is 1.07. The molecule has 1 saturated carbocycles. The molecule has 3 nitrogen and oxygen atoms in total. The van der Waals surface area contributed by atoms with E-state index in [0.717, 1.165) is 16.0 Å². The zero-order valence-corrected chi connectivity index (χ0v) is 14.8. The van der Waals surface area contributed by atoms with Crippen molar-refractivity contribution in [2.24, 2.45) is 5.92 Å². The molecule has 1 aliphatic rings. The maximum absolute atomic E-state index is 10.9. The third kappa shape index (κ3) is 4.42. The van der Waals surface area contributed by atoms with E-state index in [0.29, 0.717) is 18.4 Å². The van der Waals surface area contributed by atoms with E-state index in [1.807, 2.05) is 12.1 Å². The van der Waals surface area contributed by atoms with Gasteiger partial charge in [0.15, 0.2) is 0 Å². The fraction of sp³-hybridized carbons (Fsp3) is 0.417. The summed E-state index contributed by atoms with van der Waals surface area (Å²) in [4.78, 5) is 10.9. The van der Waals surface area contributed by atoms with Crippen LogP contribution in [0, 0.1) is 5.92 Å². The van der Waals surface area contributed by atoms with Crippen molar-refractivity contribution >= 4 is 21.8 Å². The van der Waals surface area contributed by atoms with Crippen molar-refractivity contribution in [2.45, 2.75) is 19.3 Å². The molecule has 1 N–H and O–H groups in total. The number of nitrogens with zero attached hydrogens (tertiary/aromatic N) is 1. The Labute approximate surface area is 154 Å². The van der Waals surface area contributed by atoms with E-state index in [2.05, 4.69) is 28.1 Å². The smallest absolute Gasteiger partial charge is 1.00 e. The van der Waals surface area contributed by atoms with Crippen LogP contribution in [-0.2, 0) is 4.79 Å². The van der Waals surface area contributed by atoms with Gasteiger partial charge in [-0.25, -0.2) is 5.06 Å². The quantitative estimate of drug-likeness (QED) is 0.480. The molecule has 1 aromatic rings. The predicted molar refractivity (Wildman–Crippen MR) is 65.3 cm³/mol. The van der Waals surface area contributed by atoms with Crippen molar-refractivity contribution in [3.8, 4) is 0 Å². The minimum absolute atomic E-state index is 0. The third-order valence-electron chi connectivity index (χ3n) is 2.99. The number of carbonyl (C=O) groups excluding carboxylic acids is 1. The Morgan fingerprint density at radius 1 is 1.53 bits per heavy atom. The topological polar surface area (TPSA) is 40.5 Å². The zero-order chi connectivity index (χ0) is 11.7. The Kier molecular flexibility index (Phi) is 6.32. The first-order valence-corrected chi connectivity index (χ1v) is 6.09. The second-order valence-corrected chi connectivity index (χ2v) is 5.17. The molecule has 17 heavy (non-hydrogen) atoms. The molecule has 1 aromatic carbocycles. The third-order valence-corrected chi connectivity index (χ3v) is 3.52. The molecule has 2 unspecified atom stereocenters. The molecule has 0 radical (unpaired) electrons. The number of hydrogen-bond acceptors (Lipinski definition) is 2. The van der Waals surface area contributed by atoms with Crippen LogP contribution in [0.1, 0.15) is 26.3 Å². The summed E-state index contributed by atoms with van der Waals surface area (Å²) in [7, 11) is 0. The van der Waals surface area contributed by atoms with Gasteiger partial charge in [-0.3, -0.25) is 10.0 Å². The number of benzene rings is 1. The Morgan fingerprint density at radius 2 is 2.12 bits per heavy atom. The summed E-state index contributed by atoms with van der Waals surface area (Å²) in [5.74, 6) is 0.596. The molecule has 0 heterocycles. The predicted octanol–water partition coefficient (Wildman–Crippen LogP) is -0.0932. The average Bonchev–Trinajstić information content (AvgIpc) is 2.98. The second-order valence-electron chi connectivity index (χ2n) is 4.25. The SMILES string of the molecule is CC(=O)N(O)CC1CC1c1ccc(Br)cc1.[H-].[K+]. The van der Waals surface area contributed by atoms with Gasteiger partial charge in [0.05, 0.1) is 6.54 Å². The first-order valence-electron chi connectivity index (χ1n) is 5.30. The van der Waals surface area contributed by atoms with Crippen LogP contribution in [0.2, 0.25) is 0 Å². The van der Waals surface area contributed by atoms with E-state index < -0.39 is 0 Å². The van der Waals surface area contributed by atoms with Gasteiger partial charge in [-0.05, 0) is 36.0 Å². The van der Waals surface area contributed by atoms with Crippen LogP contribution in [0.4, 0.5) is 0 Å². The van der Waals surface area contributed by atoms with Gasteiger partial charge in [0.1, 0.15) is 0 Å². The van der Waals surface area contributed by atoms with Crippen molar-refractivity contribution in [1.82, 2.24) is 5.06 Å². The van der Waals surface area contributed by atoms with E-state index in [1.54, 1.807) is 0 Å². The van der Waals surface area contributed by atoms with Gasteiger partial charge >= 0.3 is 51.4 Å². The summed E-state index contributed by atoms with van der Waals surface area (Å²) in [6.07, 6.45) is 1.05. The molecule has 2 atom stereocenters. The zero-order valence-electron chi connectivity index (χ0n) is 11.1. The molecular formula is C12H15BrKNO2. The molecule has 1 aliphatic carbocycles. The van der Waals surface area contributed by atoms with E-state index >= 15 is 0 Å². The van der Waals surface area contributed by atoms with E-state index in [-0.39, 0.29) is 58.7 Å². The fourth-order valence-electron chi connectivity index (χ4n) is 1.92. The molecule has 0 aromatic heterocycles. The van der Waals surface area contributed by atoms with Gasteiger partial charge in [0.25, 0.3) is 0 Å². The van der Waals surface area contributed by atoms with Crippen molar-refractivity contribution < 1.29 is 62.8 Å². The summed E-state index contributed by atoms with van der Waals surface area (Å²) in [5, 5.41) is 10.1. The first kappa shape index (κ1) is 15.8. The van der Waals surface area contributed by atoms with Crippen molar-refractivity contribution in [1.29, 1.82) is 0 Å². The Balaban J connectivity index is 0.00000144. The normalized spacial score (nSPS) is 21.6. The molecule has 0 aliphatic heterocycles. The summed E-state index contributed by atoms with van der Waals surface area (Å²) in [6, 6.07) is 8.22. The number of halogens is 1. The van der Waals surface area contributed by atoms with Gasteiger partial charge < -0.3 is 1.43 Å². The number of rotatable bonds is 3. The maximum Gasteiger partial charge on any atom is 1.00 e.